The molecule has 6 nitrogen and oxygen atoms in total. The Kier molecular flexibility index (Phi) is 5.62. The molecule has 136 valence electrons. The van der Waals surface area contributed by atoms with Gasteiger partial charge in [0, 0.05) is 31.0 Å². The number of ether oxygens (including phenoxy) is 1. The second kappa shape index (κ2) is 7.90. The second-order valence-corrected chi connectivity index (χ2v) is 7.08. The van der Waals surface area contributed by atoms with Gasteiger partial charge in [-0.15, -0.1) is 0 Å². The molecule has 0 bridgehead atoms. The number of hydrogen-bond donors (Lipinski definition) is 1. The normalized spacial score (nSPS) is 21.0. The Hall–Kier alpha value is -2.03. The third kappa shape index (κ3) is 3.97. The molecule has 1 aromatic carbocycles. The Balaban J connectivity index is 1.79. The van der Waals surface area contributed by atoms with Crippen molar-refractivity contribution in [1.82, 2.24) is 5.32 Å². The van der Waals surface area contributed by atoms with E-state index in [-0.39, 0.29) is 24.5 Å². The number of benzene rings is 1. The Morgan fingerprint density at radius 2 is 2.04 bits per heavy atom. The molecule has 0 aromatic heterocycles. The number of anilines is 2. The van der Waals surface area contributed by atoms with E-state index in [2.05, 4.69) is 5.32 Å². The van der Waals surface area contributed by atoms with Crippen LogP contribution in [0.15, 0.2) is 12.1 Å². The average Bonchev–Trinajstić information content (AvgIpc) is 2.77. The van der Waals surface area contributed by atoms with Crippen molar-refractivity contribution in [3.8, 4) is 0 Å². The summed E-state index contributed by atoms with van der Waals surface area (Å²) in [6.07, 6.45) is 0.140. The number of nitrogens with one attached hydrogen (secondary N) is 1. The van der Waals surface area contributed by atoms with Crippen LogP contribution < -0.4 is 15.1 Å². The molecule has 1 atom stereocenters. The van der Waals surface area contributed by atoms with E-state index in [1.165, 1.54) is 4.90 Å². The number of cyclic esters (lactones) is 1. The van der Waals surface area contributed by atoms with Gasteiger partial charge in [-0.1, -0.05) is 0 Å². The highest BCUT2D eigenvalue weighted by Crippen LogP contribution is 2.32. The van der Waals surface area contributed by atoms with Crippen LogP contribution in [0, 0.1) is 11.6 Å². The maximum absolute atomic E-state index is 14.6. The van der Waals surface area contributed by atoms with Gasteiger partial charge in [0.05, 0.1) is 18.8 Å². The van der Waals surface area contributed by atoms with E-state index >= 15 is 0 Å². The number of rotatable bonds is 5. The van der Waals surface area contributed by atoms with Crippen molar-refractivity contribution in [3.05, 3.63) is 23.8 Å². The van der Waals surface area contributed by atoms with Crippen LogP contribution in [0.3, 0.4) is 0 Å². The minimum Gasteiger partial charge on any atom is -0.442 e. The Bertz CT molecular complexity index is 631. The highest BCUT2D eigenvalue weighted by molar-refractivity contribution is 7.99. The van der Waals surface area contributed by atoms with Crippen LogP contribution in [-0.4, -0.2) is 56.3 Å². The van der Waals surface area contributed by atoms with E-state index in [9.17, 15) is 18.4 Å². The van der Waals surface area contributed by atoms with Crippen LogP contribution in [-0.2, 0) is 9.53 Å². The smallest absolute Gasteiger partial charge is 0.414 e. The molecule has 2 heterocycles. The van der Waals surface area contributed by atoms with Gasteiger partial charge in [-0.3, -0.25) is 9.69 Å². The van der Waals surface area contributed by atoms with Gasteiger partial charge in [0.25, 0.3) is 0 Å². The van der Waals surface area contributed by atoms with Crippen LogP contribution in [0.1, 0.15) is 6.42 Å². The molecule has 2 amide bonds. The van der Waals surface area contributed by atoms with E-state index in [0.29, 0.717) is 19.5 Å². The van der Waals surface area contributed by atoms with Gasteiger partial charge in [-0.25, -0.2) is 13.6 Å². The first-order chi connectivity index (χ1) is 12.1. The fraction of sp³-hybridized carbons (Fsp3) is 0.500. The fourth-order valence-electron chi connectivity index (χ4n) is 3.00. The third-order valence-corrected chi connectivity index (χ3v) is 5.20. The van der Waals surface area contributed by atoms with Gasteiger partial charge in [0.2, 0.25) is 6.41 Å². The van der Waals surface area contributed by atoms with E-state index in [1.807, 2.05) is 0 Å². The van der Waals surface area contributed by atoms with E-state index in [4.69, 9.17) is 4.74 Å². The van der Waals surface area contributed by atoms with Gasteiger partial charge < -0.3 is 15.0 Å². The molecule has 3 rings (SSSR count). The summed E-state index contributed by atoms with van der Waals surface area (Å²) in [6, 6.07) is 2.32. The molecule has 0 radical (unpaired) electrons. The zero-order valence-electron chi connectivity index (χ0n) is 13.5. The van der Waals surface area contributed by atoms with Crippen molar-refractivity contribution >= 4 is 35.6 Å². The predicted molar refractivity (Wildman–Crippen MR) is 92.2 cm³/mol. The first kappa shape index (κ1) is 17.8. The quantitative estimate of drug-likeness (QED) is 0.802. The molecule has 2 saturated heterocycles. The molecule has 2 fully saturated rings. The van der Waals surface area contributed by atoms with Crippen LogP contribution in [0.5, 0.6) is 0 Å². The first-order valence-corrected chi connectivity index (χ1v) is 9.22. The lowest BCUT2D eigenvalue weighted by molar-refractivity contribution is -0.109. The van der Waals surface area contributed by atoms with Crippen molar-refractivity contribution < 1.29 is 23.1 Å². The summed E-state index contributed by atoms with van der Waals surface area (Å²) in [5.41, 5.74) is 0.0690. The number of nitrogens with zero attached hydrogens (tertiary/aromatic N) is 2. The number of amides is 2. The maximum Gasteiger partial charge on any atom is 0.414 e. The first-order valence-electron chi connectivity index (χ1n) is 8.07. The number of hydrogen-bond acceptors (Lipinski definition) is 5. The number of carbonyl (C=O) groups excluding carboxylic acids is 2. The van der Waals surface area contributed by atoms with Crippen molar-refractivity contribution in [3.63, 3.8) is 0 Å². The van der Waals surface area contributed by atoms with Gasteiger partial charge in [-0.05, 0) is 12.2 Å². The fourth-order valence-corrected chi connectivity index (χ4v) is 3.88. The Morgan fingerprint density at radius 1 is 1.28 bits per heavy atom. The molecule has 0 spiro atoms. The summed E-state index contributed by atoms with van der Waals surface area (Å²) < 4.78 is 34.2. The van der Waals surface area contributed by atoms with E-state index in [1.54, 1.807) is 16.7 Å². The van der Waals surface area contributed by atoms with Gasteiger partial charge in [-0.2, -0.15) is 11.8 Å². The van der Waals surface area contributed by atoms with Crippen LogP contribution in [0.25, 0.3) is 0 Å². The highest BCUT2D eigenvalue weighted by atomic mass is 32.2. The van der Waals surface area contributed by atoms with Crippen LogP contribution in [0.4, 0.5) is 25.0 Å². The summed E-state index contributed by atoms with van der Waals surface area (Å²) in [6.45, 7) is 1.47. The van der Waals surface area contributed by atoms with Crippen molar-refractivity contribution in [1.29, 1.82) is 0 Å². The highest BCUT2D eigenvalue weighted by Gasteiger charge is 2.33. The minimum absolute atomic E-state index is 0.0435. The van der Waals surface area contributed by atoms with Crippen LogP contribution >= 0.6 is 11.8 Å². The summed E-state index contributed by atoms with van der Waals surface area (Å²) in [5.74, 6) is 0.423. The summed E-state index contributed by atoms with van der Waals surface area (Å²) >= 11 is 1.77. The monoisotopic (exact) mass is 371 g/mol. The summed E-state index contributed by atoms with van der Waals surface area (Å²) in [5, 5.41) is 2.42. The molecule has 1 aromatic rings. The third-order valence-electron chi connectivity index (χ3n) is 4.15. The number of halogens is 2. The molecule has 2 aliphatic heterocycles. The van der Waals surface area contributed by atoms with Gasteiger partial charge in [0.1, 0.15) is 11.8 Å². The molecular weight excluding hydrogens is 352 g/mol. The topological polar surface area (TPSA) is 61.9 Å². The molecule has 2 aliphatic rings. The van der Waals surface area contributed by atoms with Crippen molar-refractivity contribution in [2.75, 3.05) is 47.5 Å². The molecule has 1 N–H and O–H groups in total. The number of carbonyl (C=O) groups is 2. The molecule has 25 heavy (non-hydrogen) atoms. The maximum atomic E-state index is 14.6. The lowest BCUT2D eigenvalue weighted by atomic mass is 10.2. The van der Waals surface area contributed by atoms with E-state index in [0.717, 1.165) is 30.1 Å². The minimum atomic E-state index is -0.691. The molecule has 9 heteroatoms. The zero-order valence-corrected chi connectivity index (χ0v) is 14.4. The van der Waals surface area contributed by atoms with Gasteiger partial charge in [0.15, 0.2) is 11.6 Å². The summed E-state index contributed by atoms with van der Waals surface area (Å²) in [7, 11) is 0. The molecule has 0 saturated carbocycles. The number of thioether (sulfide) groups is 1. The molecule has 1 unspecified atom stereocenters. The second-order valence-electron chi connectivity index (χ2n) is 5.85. The lowest BCUT2D eigenvalue weighted by Gasteiger charge is -2.24. The van der Waals surface area contributed by atoms with Crippen LogP contribution in [0.2, 0.25) is 0 Å². The predicted octanol–water partition coefficient (Wildman–Crippen LogP) is 1.98. The molecule has 0 aliphatic carbocycles. The largest absolute Gasteiger partial charge is 0.442 e. The average molecular weight is 371 g/mol. The Labute approximate surface area is 148 Å². The summed E-state index contributed by atoms with van der Waals surface area (Å²) in [4.78, 5) is 25.1. The van der Waals surface area contributed by atoms with E-state index < -0.39 is 23.8 Å². The zero-order chi connectivity index (χ0) is 17.8. The Morgan fingerprint density at radius 3 is 2.76 bits per heavy atom. The van der Waals surface area contributed by atoms with Gasteiger partial charge >= 0.3 is 6.09 Å². The SMILES string of the molecule is O=CNCC1CN(c2cc(F)c(N3CCCSCC3)c(F)c2)C(=O)O1. The van der Waals surface area contributed by atoms with Crippen molar-refractivity contribution in [2.24, 2.45) is 0 Å². The molecular formula is C16H19F2N3O3S. The van der Waals surface area contributed by atoms with Crippen molar-refractivity contribution in [2.45, 2.75) is 12.5 Å². The standard InChI is InChI=1S/C16H19F2N3O3S/c17-13-6-11(21-9-12(8-19-10-22)24-16(21)23)7-14(18)15(13)20-2-1-4-25-5-3-20/h6-7,10,12H,1-5,8-9H2,(H,19,22). The lowest BCUT2D eigenvalue weighted by Crippen LogP contribution is -2.31.